The van der Waals surface area contributed by atoms with Crippen LogP contribution in [-0.4, -0.2) is 70.5 Å². The molecule has 42 heavy (non-hydrogen) atoms. The zero-order valence-corrected chi connectivity index (χ0v) is 23.9. The second-order valence-electron chi connectivity index (χ2n) is 11.0. The van der Waals surface area contributed by atoms with Crippen molar-refractivity contribution in [2.45, 2.75) is 56.8 Å². The fourth-order valence-corrected chi connectivity index (χ4v) is 5.82. The summed E-state index contributed by atoms with van der Waals surface area (Å²) >= 11 is 0. The van der Waals surface area contributed by atoms with Gasteiger partial charge in [0.05, 0.1) is 0 Å². The molecule has 0 saturated carbocycles. The minimum absolute atomic E-state index is 0.0733. The minimum Gasteiger partial charge on any atom is -0.445 e. The lowest BCUT2D eigenvalue weighted by Gasteiger charge is -2.51. The maximum absolute atomic E-state index is 13.9. The summed E-state index contributed by atoms with van der Waals surface area (Å²) in [6, 6.07) is 23.0. The van der Waals surface area contributed by atoms with E-state index < -0.39 is 17.7 Å². The largest absolute Gasteiger partial charge is 0.445 e. The average Bonchev–Trinajstić information content (AvgIpc) is 3.04. The molecule has 9 nitrogen and oxygen atoms in total. The number of pyridine rings is 1. The number of amides is 3. The molecule has 2 fully saturated rings. The molecule has 2 aliphatic heterocycles. The highest BCUT2D eigenvalue weighted by atomic mass is 16.5. The fraction of sp³-hybridized carbons (Fsp3) is 0.394. The third-order valence-electron chi connectivity index (χ3n) is 8.29. The van der Waals surface area contributed by atoms with Crippen molar-refractivity contribution in [3.63, 3.8) is 0 Å². The third kappa shape index (κ3) is 7.33. The van der Waals surface area contributed by atoms with Crippen molar-refractivity contribution in [2.75, 3.05) is 26.2 Å². The summed E-state index contributed by atoms with van der Waals surface area (Å²) in [5.74, 6) is -0.158. The van der Waals surface area contributed by atoms with Gasteiger partial charge in [0, 0.05) is 45.1 Å². The molecule has 220 valence electrons. The summed E-state index contributed by atoms with van der Waals surface area (Å²) in [6.07, 6.45) is 6.00. The van der Waals surface area contributed by atoms with Crippen LogP contribution in [0.25, 0.3) is 0 Å². The SMILES string of the molecule is O=C(NCCC[C@@H]1NC(=O)C2(CCN(CCc3ccccc3)CC2)N(Cc2ccncc2)C1=O)OCc1ccccc1. The Bertz CT molecular complexity index is 1310. The molecule has 2 saturated heterocycles. The van der Waals surface area contributed by atoms with Crippen LogP contribution in [0.1, 0.15) is 42.4 Å². The molecule has 2 aromatic carbocycles. The number of piperidine rings is 1. The van der Waals surface area contributed by atoms with E-state index >= 15 is 0 Å². The number of alkyl carbamates (subject to hydrolysis) is 1. The summed E-state index contributed by atoms with van der Waals surface area (Å²) in [7, 11) is 0. The highest BCUT2D eigenvalue weighted by Crippen LogP contribution is 2.35. The molecule has 2 aliphatic rings. The Labute approximate surface area is 247 Å². The normalized spacial score (nSPS) is 18.5. The number of hydrogen-bond acceptors (Lipinski definition) is 6. The molecule has 3 aromatic rings. The van der Waals surface area contributed by atoms with Crippen molar-refractivity contribution >= 4 is 17.9 Å². The van der Waals surface area contributed by atoms with Crippen molar-refractivity contribution in [1.82, 2.24) is 25.4 Å². The lowest BCUT2D eigenvalue weighted by Crippen LogP contribution is -2.72. The molecule has 2 N–H and O–H groups in total. The average molecular weight is 570 g/mol. The first-order chi connectivity index (χ1) is 20.5. The zero-order valence-electron chi connectivity index (χ0n) is 23.9. The third-order valence-corrected chi connectivity index (χ3v) is 8.29. The number of rotatable bonds is 11. The predicted molar refractivity (Wildman–Crippen MR) is 159 cm³/mol. The molecule has 0 bridgehead atoms. The van der Waals surface area contributed by atoms with Crippen LogP contribution >= 0.6 is 0 Å². The van der Waals surface area contributed by atoms with Crippen LogP contribution in [0.4, 0.5) is 4.79 Å². The van der Waals surface area contributed by atoms with Gasteiger partial charge in [-0.15, -0.1) is 0 Å². The van der Waals surface area contributed by atoms with Gasteiger partial charge in [0.15, 0.2) is 0 Å². The Hall–Kier alpha value is -4.24. The number of benzene rings is 2. The molecule has 1 aromatic heterocycles. The number of aromatic nitrogens is 1. The van der Waals surface area contributed by atoms with Gasteiger partial charge in [-0.3, -0.25) is 14.6 Å². The highest BCUT2D eigenvalue weighted by Gasteiger charge is 2.53. The summed E-state index contributed by atoms with van der Waals surface area (Å²) < 4.78 is 5.26. The Balaban J connectivity index is 1.17. The minimum atomic E-state index is -0.875. The molecule has 1 spiro atoms. The molecular weight excluding hydrogens is 530 g/mol. The Morgan fingerprint density at radius 2 is 1.60 bits per heavy atom. The summed E-state index contributed by atoms with van der Waals surface area (Å²) in [4.78, 5) is 48.1. The fourth-order valence-electron chi connectivity index (χ4n) is 5.82. The van der Waals surface area contributed by atoms with Crippen molar-refractivity contribution in [3.8, 4) is 0 Å². The summed E-state index contributed by atoms with van der Waals surface area (Å²) in [6.45, 7) is 3.32. The molecular formula is C33H39N5O4. The van der Waals surface area contributed by atoms with Gasteiger partial charge in [-0.25, -0.2) is 4.79 Å². The van der Waals surface area contributed by atoms with E-state index in [0.717, 1.165) is 37.2 Å². The van der Waals surface area contributed by atoms with Crippen molar-refractivity contribution < 1.29 is 19.1 Å². The number of carbonyl (C=O) groups excluding carboxylic acids is 3. The van der Waals surface area contributed by atoms with Crippen LogP contribution in [0.15, 0.2) is 85.2 Å². The van der Waals surface area contributed by atoms with Gasteiger partial charge in [-0.1, -0.05) is 60.7 Å². The van der Waals surface area contributed by atoms with Gasteiger partial charge in [0.2, 0.25) is 11.8 Å². The van der Waals surface area contributed by atoms with E-state index in [1.165, 1.54) is 5.56 Å². The van der Waals surface area contributed by atoms with E-state index in [2.05, 4.69) is 44.8 Å². The maximum Gasteiger partial charge on any atom is 0.407 e. The number of ether oxygens (including phenoxy) is 1. The van der Waals surface area contributed by atoms with Crippen LogP contribution in [0.5, 0.6) is 0 Å². The number of carbonyl (C=O) groups is 3. The van der Waals surface area contributed by atoms with Gasteiger partial charge in [-0.05, 0) is 60.9 Å². The van der Waals surface area contributed by atoms with Crippen molar-refractivity contribution in [3.05, 3.63) is 102 Å². The van der Waals surface area contributed by atoms with Gasteiger partial charge in [0.1, 0.15) is 18.2 Å². The molecule has 0 unspecified atom stereocenters. The lowest BCUT2D eigenvalue weighted by molar-refractivity contribution is -0.162. The molecule has 5 rings (SSSR count). The monoisotopic (exact) mass is 569 g/mol. The molecule has 3 amide bonds. The van der Waals surface area contributed by atoms with E-state index in [1.54, 1.807) is 12.4 Å². The first-order valence-electron chi connectivity index (χ1n) is 14.8. The summed E-state index contributed by atoms with van der Waals surface area (Å²) in [5.41, 5.74) is 2.28. The van der Waals surface area contributed by atoms with Gasteiger partial charge in [-0.2, -0.15) is 0 Å². The molecule has 0 aliphatic carbocycles. The number of nitrogens with zero attached hydrogens (tertiary/aromatic N) is 3. The smallest absolute Gasteiger partial charge is 0.407 e. The van der Waals surface area contributed by atoms with Crippen LogP contribution in [0.3, 0.4) is 0 Å². The second kappa shape index (κ2) is 14.1. The van der Waals surface area contributed by atoms with Gasteiger partial charge >= 0.3 is 6.09 Å². The number of piperazine rings is 1. The number of hydrogen-bond donors (Lipinski definition) is 2. The van der Waals surface area contributed by atoms with Crippen molar-refractivity contribution in [2.24, 2.45) is 0 Å². The van der Waals surface area contributed by atoms with Crippen LogP contribution in [0, 0.1) is 0 Å². The lowest BCUT2D eigenvalue weighted by atomic mass is 9.81. The molecule has 9 heteroatoms. The zero-order chi connectivity index (χ0) is 29.2. The maximum atomic E-state index is 13.9. The quantitative estimate of drug-likeness (QED) is 0.342. The van der Waals surface area contributed by atoms with E-state index in [0.29, 0.717) is 38.8 Å². The van der Waals surface area contributed by atoms with Gasteiger partial charge < -0.3 is 25.2 Å². The van der Waals surface area contributed by atoms with Gasteiger partial charge in [0.25, 0.3) is 0 Å². The van der Waals surface area contributed by atoms with E-state index in [4.69, 9.17) is 4.74 Å². The Kier molecular flexibility index (Phi) is 9.82. The predicted octanol–water partition coefficient (Wildman–Crippen LogP) is 3.69. The Morgan fingerprint density at radius 3 is 2.29 bits per heavy atom. The standard InChI is InChI=1S/C33H39N5O4/c39-30-29(12-7-18-35-32(41)42-25-28-10-5-2-6-11-28)36-31(40)33(38(30)24-27-13-19-34-20-14-27)16-22-37(23-17-33)21-15-26-8-3-1-4-9-26/h1-6,8-11,13-14,19-20,29H,7,12,15-18,21-25H2,(H,35,41)(H,36,40)/t29-/m0/s1. The number of likely N-dealkylation sites (tertiary alicyclic amines) is 1. The van der Waals surface area contributed by atoms with Crippen LogP contribution < -0.4 is 10.6 Å². The first kappa shape index (κ1) is 29.3. The van der Waals surface area contributed by atoms with Crippen molar-refractivity contribution in [1.29, 1.82) is 0 Å². The van der Waals surface area contributed by atoms with E-state index in [-0.39, 0.29) is 18.4 Å². The Morgan fingerprint density at radius 1 is 0.929 bits per heavy atom. The van der Waals surface area contributed by atoms with Crippen LogP contribution in [-0.2, 0) is 33.9 Å². The number of nitrogens with one attached hydrogen (secondary N) is 2. The molecule has 0 radical (unpaired) electrons. The van der Waals surface area contributed by atoms with E-state index in [1.807, 2.05) is 53.4 Å². The second-order valence-corrected chi connectivity index (χ2v) is 11.0. The first-order valence-corrected chi connectivity index (χ1v) is 14.8. The highest BCUT2D eigenvalue weighted by molar-refractivity contribution is 6.00. The molecule has 3 heterocycles. The molecule has 1 atom stereocenters. The summed E-state index contributed by atoms with van der Waals surface area (Å²) in [5, 5.41) is 5.79. The van der Waals surface area contributed by atoms with E-state index in [9.17, 15) is 14.4 Å². The van der Waals surface area contributed by atoms with Crippen LogP contribution in [0.2, 0.25) is 0 Å². The topological polar surface area (TPSA) is 104 Å².